The van der Waals surface area contributed by atoms with Crippen molar-refractivity contribution < 1.29 is 13.9 Å². The lowest BCUT2D eigenvalue weighted by molar-refractivity contribution is -0.140. The van der Waals surface area contributed by atoms with E-state index in [1.165, 1.54) is 12.1 Å². The zero-order chi connectivity index (χ0) is 17.1. The second-order valence-electron chi connectivity index (χ2n) is 6.63. The molecule has 1 amide bonds. The van der Waals surface area contributed by atoms with Gasteiger partial charge >= 0.3 is 0 Å². The van der Waals surface area contributed by atoms with E-state index in [0.717, 1.165) is 12.1 Å². The molecule has 2 aliphatic rings. The highest BCUT2D eigenvalue weighted by Gasteiger charge is 2.37. The van der Waals surface area contributed by atoms with Gasteiger partial charge in [-0.1, -0.05) is 13.0 Å². The number of nitrogens with zero attached hydrogens (tertiary/aromatic N) is 3. The molecule has 0 saturated carbocycles. The third-order valence-electron chi connectivity index (χ3n) is 4.91. The molecule has 2 aliphatic heterocycles. The number of hydrogen-bond acceptors (Lipinski definition) is 4. The van der Waals surface area contributed by atoms with Gasteiger partial charge in [0.1, 0.15) is 5.82 Å². The quantitative estimate of drug-likeness (QED) is 0.845. The number of amides is 1. The van der Waals surface area contributed by atoms with Gasteiger partial charge in [0.15, 0.2) is 0 Å². The number of rotatable bonds is 3. The molecule has 24 heavy (non-hydrogen) atoms. The first kappa shape index (κ1) is 16.9. The highest BCUT2D eigenvalue weighted by Crippen LogP contribution is 2.27. The lowest BCUT2D eigenvalue weighted by Crippen LogP contribution is -2.45. The number of ether oxygens (including phenoxy) is 1. The number of carbonyl (C=O) groups is 1. The fourth-order valence-electron chi connectivity index (χ4n) is 3.57. The van der Waals surface area contributed by atoms with Crippen LogP contribution in [-0.2, 0) is 16.1 Å². The molecule has 0 spiro atoms. The molecule has 5 nitrogen and oxygen atoms in total. The van der Waals surface area contributed by atoms with Crippen LogP contribution < -0.4 is 0 Å². The summed E-state index contributed by atoms with van der Waals surface area (Å²) in [6.45, 7) is 6.70. The van der Waals surface area contributed by atoms with E-state index in [-0.39, 0.29) is 17.7 Å². The molecule has 2 fully saturated rings. The first-order valence-corrected chi connectivity index (χ1v) is 8.36. The van der Waals surface area contributed by atoms with Gasteiger partial charge in [-0.05, 0) is 23.6 Å². The summed E-state index contributed by atoms with van der Waals surface area (Å²) in [5.41, 5.74) is 1.18. The summed E-state index contributed by atoms with van der Waals surface area (Å²) in [5, 5.41) is 9.17. The van der Waals surface area contributed by atoms with Gasteiger partial charge in [0.2, 0.25) is 5.91 Å². The fourth-order valence-corrected chi connectivity index (χ4v) is 3.57. The highest BCUT2D eigenvalue weighted by molar-refractivity contribution is 5.79. The number of hydrogen-bond donors (Lipinski definition) is 0. The molecule has 0 radical (unpaired) electrons. The van der Waals surface area contributed by atoms with Crippen molar-refractivity contribution in [3.8, 4) is 6.07 Å². The van der Waals surface area contributed by atoms with Crippen molar-refractivity contribution in [3.05, 3.63) is 35.1 Å². The van der Waals surface area contributed by atoms with Gasteiger partial charge in [0.25, 0.3) is 0 Å². The van der Waals surface area contributed by atoms with Crippen molar-refractivity contribution in [2.45, 2.75) is 13.5 Å². The van der Waals surface area contributed by atoms with E-state index in [1.54, 1.807) is 6.07 Å². The molecule has 0 bridgehead atoms. The molecular formula is C18H22FN3O2. The van der Waals surface area contributed by atoms with Crippen molar-refractivity contribution in [1.82, 2.24) is 9.80 Å². The molecule has 0 aliphatic carbocycles. The van der Waals surface area contributed by atoms with Crippen LogP contribution in [0, 0.1) is 29.0 Å². The summed E-state index contributed by atoms with van der Waals surface area (Å²) in [6, 6.07) is 6.36. The maximum absolute atomic E-state index is 13.3. The van der Waals surface area contributed by atoms with Gasteiger partial charge in [-0.15, -0.1) is 0 Å². The minimum absolute atomic E-state index is 0.0194. The van der Waals surface area contributed by atoms with Gasteiger partial charge in [0.05, 0.1) is 30.8 Å². The third-order valence-corrected chi connectivity index (χ3v) is 4.91. The van der Waals surface area contributed by atoms with Crippen molar-refractivity contribution in [3.63, 3.8) is 0 Å². The van der Waals surface area contributed by atoms with Gasteiger partial charge < -0.3 is 9.64 Å². The molecular weight excluding hydrogens is 309 g/mol. The van der Waals surface area contributed by atoms with Crippen LogP contribution in [0.25, 0.3) is 0 Å². The van der Waals surface area contributed by atoms with Crippen LogP contribution in [0.1, 0.15) is 18.1 Å². The Bertz CT molecular complexity index is 652. The molecule has 1 aromatic rings. The Morgan fingerprint density at radius 1 is 1.38 bits per heavy atom. The van der Waals surface area contributed by atoms with E-state index < -0.39 is 5.82 Å². The second kappa shape index (κ2) is 7.29. The molecule has 0 aromatic heterocycles. The topological polar surface area (TPSA) is 56.6 Å². The Balaban J connectivity index is 1.65. The standard InChI is InChI=1S/C18H22FN3O2/c1-13-10-21(11-14-2-3-16(19)8-15(14)9-20)12-17(13)18(23)22-4-6-24-7-5-22/h2-3,8,13,17H,4-7,10-12H2,1H3/t13-,17-/m1/s1. The Kier molecular flexibility index (Phi) is 5.12. The summed E-state index contributed by atoms with van der Waals surface area (Å²) in [4.78, 5) is 16.8. The summed E-state index contributed by atoms with van der Waals surface area (Å²) < 4.78 is 18.6. The van der Waals surface area contributed by atoms with Crippen LogP contribution in [0.15, 0.2) is 18.2 Å². The van der Waals surface area contributed by atoms with Crippen LogP contribution in [-0.4, -0.2) is 55.1 Å². The van der Waals surface area contributed by atoms with Crippen molar-refractivity contribution in [2.24, 2.45) is 11.8 Å². The molecule has 0 unspecified atom stereocenters. The van der Waals surface area contributed by atoms with Gasteiger partial charge in [-0.3, -0.25) is 9.69 Å². The minimum atomic E-state index is -0.398. The highest BCUT2D eigenvalue weighted by atomic mass is 19.1. The maximum atomic E-state index is 13.3. The van der Waals surface area contributed by atoms with E-state index >= 15 is 0 Å². The molecule has 1 aromatic carbocycles. The number of likely N-dealkylation sites (tertiary alicyclic amines) is 1. The van der Waals surface area contributed by atoms with Gasteiger partial charge in [-0.25, -0.2) is 4.39 Å². The molecule has 2 atom stereocenters. The first-order valence-electron chi connectivity index (χ1n) is 8.36. The number of halogens is 1. The first-order chi connectivity index (χ1) is 11.6. The molecule has 0 N–H and O–H groups in total. The van der Waals surface area contributed by atoms with Gasteiger partial charge in [-0.2, -0.15) is 5.26 Å². The average molecular weight is 331 g/mol. The summed E-state index contributed by atoms with van der Waals surface area (Å²) in [6.07, 6.45) is 0. The van der Waals surface area contributed by atoms with E-state index in [0.29, 0.717) is 45.0 Å². The normalized spacial score (nSPS) is 24.8. The Morgan fingerprint density at radius 3 is 2.83 bits per heavy atom. The van der Waals surface area contributed by atoms with Crippen LogP contribution >= 0.6 is 0 Å². The smallest absolute Gasteiger partial charge is 0.227 e. The summed E-state index contributed by atoms with van der Waals surface area (Å²) in [5.74, 6) is 0.0544. The number of nitriles is 1. The predicted octanol–water partition coefficient (Wildman–Crippen LogP) is 1.62. The summed E-state index contributed by atoms with van der Waals surface area (Å²) >= 11 is 0. The molecule has 128 valence electrons. The Labute approximate surface area is 141 Å². The molecule has 2 heterocycles. The second-order valence-corrected chi connectivity index (χ2v) is 6.63. The van der Waals surface area contributed by atoms with Crippen LogP contribution in [0.3, 0.4) is 0 Å². The average Bonchev–Trinajstić information content (AvgIpc) is 2.97. The van der Waals surface area contributed by atoms with Crippen molar-refractivity contribution in [1.29, 1.82) is 5.26 Å². The number of benzene rings is 1. The summed E-state index contributed by atoms with van der Waals surface area (Å²) in [7, 11) is 0. The zero-order valence-corrected chi connectivity index (χ0v) is 13.9. The Hall–Kier alpha value is -1.97. The lowest BCUT2D eigenvalue weighted by Gasteiger charge is -2.30. The third kappa shape index (κ3) is 3.58. The minimum Gasteiger partial charge on any atom is -0.378 e. The van der Waals surface area contributed by atoms with E-state index in [9.17, 15) is 14.4 Å². The van der Waals surface area contributed by atoms with E-state index in [2.05, 4.69) is 17.9 Å². The number of carbonyl (C=O) groups excluding carboxylic acids is 1. The van der Waals surface area contributed by atoms with Crippen molar-refractivity contribution in [2.75, 3.05) is 39.4 Å². The van der Waals surface area contributed by atoms with Crippen LogP contribution in [0.2, 0.25) is 0 Å². The van der Waals surface area contributed by atoms with E-state index in [1.807, 2.05) is 4.90 Å². The largest absolute Gasteiger partial charge is 0.378 e. The maximum Gasteiger partial charge on any atom is 0.227 e. The van der Waals surface area contributed by atoms with Gasteiger partial charge in [0, 0.05) is 32.7 Å². The van der Waals surface area contributed by atoms with E-state index in [4.69, 9.17) is 4.74 Å². The molecule has 2 saturated heterocycles. The monoisotopic (exact) mass is 331 g/mol. The molecule has 3 rings (SSSR count). The zero-order valence-electron chi connectivity index (χ0n) is 13.9. The van der Waals surface area contributed by atoms with Crippen LogP contribution in [0.4, 0.5) is 4.39 Å². The number of morpholine rings is 1. The SMILES string of the molecule is C[C@@H]1CN(Cc2ccc(F)cc2C#N)C[C@H]1C(=O)N1CCOCC1. The fraction of sp³-hybridized carbons (Fsp3) is 0.556. The predicted molar refractivity (Wildman–Crippen MR) is 86.4 cm³/mol. The molecule has 6 heteroatoms. The van der Waals surface area contributed by atoms with Crippen molar-refractivity contribution >= 4 is 5.91 Å². The lowest BCUT2D eigenvalue weighted by atomic mass is 9.96. The Morgan fingerprint density at radius 2 is 2.12 bits per heavy atom. The van der Waals surface area contributed by atoms with Crippen LogP contribution in [0.5, 0.6) is 0 Å².